The van der Waals surface area contributed by atoms with Crippen LogP contribution in [0.15, 0.2) is 45.6 Å². The first-order valence-electron chi connectivity index (χ1n) is 8.99. The maximum absolute atomic E-state index is 12.7. The quantitative estimate of drug-likeness (QED) is 0.459. The second-order valence-corrected chi connectivity index (χ2v) is 7.25. The molecule has 7 heteroatoms. The monoisotopic (exact) mass is 401 g/mol. The maximum Gasteiger partial charge on any atom is 0.193 e. The summed E-state index contributed by atoms with van der Waals surface area (Å²) in [6, 6.07) is 10.2. The Kier molecular flexibility index (Phi) is 6.11. The van der Waals surface area contributed by atoms with Crippen LogP contribution in [0.5, 0.6) is 5.75 Å². The Hall–Kier alpha value is -2.70. The van der Waals surface area contributed by atoms with Crippen molar-refractivity contribution in [2.45, 2.75) is 6.42 Å². The molecule has 0 aliphatic rings. The van der Waals surface area contributed by atoms with Gasteiger partial charge in [0.25, 0.3) is 0 Å². The molecular weight excluding hydrogens is 378 g/mol. The van der Waals surface area contributed by atoms with Crippen molar-refractivity contribution in [2.75, 3.05) is 45.3 Å². The molecule has 3 N–H and O–H groups in total. The molecule has 148 valence electrons. The van der Waals surface area contributed by atoms with E-state index in [1.165, 1.54) is 6.07 Å². The minimum Gasteiger partial charge on any atom is -0.495 e. The summed E-state index contributed by atoms with van der Waals surface area (Å²) in [7, 11) is 5.60. The molecule has 0 unspecified atom stereocenters. The fraction of sp³-hybridized carbons (Fsp3) is 0.286. The summed E-state index contributed by atoms with van der Waals surface area (Å²) in [6.07, 6.45) is 0.938. The average molecular weight is 402 g/mol. The van der Waals surface area contributed by atoms with Crippen LogP contribution in [0.3, 0.4) is 0 Å². The number of benzene rings is 2. The Labute approximate surface area is 168 Å². The molecule has 0 amide bonds. The van der Waals surface area contributed by atoms with Gasteiger partial charge in [-0.2, -0.15) is 0 Å². The van der Waals surface area contributed by atoms with Crippen molar-refractivity contribution in [3.8, 4) is 17.1 Å². The third-order valence-corrected chi connectivity index (χ3v) is 4.66. The van der Waals surface area contributed by atoms with Gasteiger partial charge in [-0.25, -0.2) is 0 Å². The highest BCUT2D eigenvalue weighted by atomic mass is 35.5. The van der Waals surface area contributed by atoms with Crippen molar-refractivity contribution < 1.29 is 9.15 Å². The van der Waals surface area contributed by atoms with Crippen molar-refractivity contribution in [3.05, 3.63) is 51.6 Å². The molecule has 0 spiro atoms. The van der Waals surface area contributed by atoms with Crippen molar-refractivity contribution in [3.63, 3.8) is 0 Å². The third kappa shape index (κ3) is 4.24. The second-order valence-electron chi connectivity index (χ2n) is 6.81. The van der Waals surface area contributed by atoms with E-state index in [1.807, 2.05) is 14.1 Å². The zero-order valence-electron chi connectivity index (χ0n) is 16.2. The number of ether oxygens (including phenoxy) is 1. The van der Waals surface area contributed by atoms with E-state index in [0.29, 0.717) is 44.4 Å². The van der Waals surface area contributed by atoms with Gasteiger partial charge in [0.1, 0.15) is 11.5 Å². The third-order valence-electron chi connectivity index (χ3n) is 4.44. The van der Waals surface area contributed by atoms with Crippen LogP contribution >= 0.6 is 11.6 Å². The lowest BCUT2D eigenvalue weighted by atomic mass is 10.1. The van der Waals surface area contributed by atoms with Crippen LogP contribution in [0.2, 0.25) is 5.02 Å². The zero-order chi connectivity index (χ0) is 20.3. The van der Waals surface area contributed by atoms with E-state index in [-0.39, 0.29) is 5.43 Å². The molecule has 0 aliphatic carbocycles. The van der Waals surface area contributed by atoms with Crippen LogP contribution in [0.1, 0.15) is 6.42 Å². The molecule has 0 radical (unpaired) electrons. The van der Waals surface area contributed by atoms with Crippen molar-refractivity contribution in [1.82, 2.24) is 4.90 Å². The summed E-state index contributed by atoms with van der Waals surface area (Å²) < 4.78 is 11.4. The van der Waals surface area contributed by atoms with Crippen LogP contribution in [0, 0.1) is 0 Å². The molecule has 3 rings (SSSR count). The number of hydrogen-bond acceptors (Lipinski definition) is 6. The fourth-order valence-corrected chi connectivity index (χ4v) is 3.26. The number of rotatable bonds is 7. The Balaban J connectivity index is 2.07. The Morgan fingerprint density at radius 1 is 1.25 bits per heavy atom. The van der Waals surface area contributed by atoms with E-state index in [4.69, 9.17) is 26.5 Å². The summed E-state index contributed by atoms with van der Waals surface area (Å²) in [6.45, 7) is 1.67. The molecule has 0 fully saturated rings. The molecule has 0 bridgehead atoms. The van der Waals surface area contributed by atoms with Crippen LogP contribution in [-0.4, -0.2) is 39.2 Å². The molecule has 0 saturated carbocycles. The predicted molar refractivity (Wildman–Crippen MR) is 116 cm³/mol. The van der Waals surface area contributed by atoms with Gasteiger partial charge in [-0.05, 0) is 51.3 Å². The number of nitrogens with zero attached hydrogens (tertiary/aromatic N) is 1. The Morgan fingerprint density at radius 3 is 2.75 bits per heavy atom. The number of fused-ring (bicyclic) bond motifs is 1. The lowest BCUT2D eigenvalue weighted by Crippen LogP contribution is -2.16. The highest BCUT2D eigenvalue weighted by molar-refractivity contribution is 6.31. The van der Waals surface area contributed by atoms with Crippen LogP contribution in [-0.2, 0) is 0 Å². The fourth-order valence-electron chi connectivity index (χ4n) is 3.04. The van der Waals surface area contributed by atoms with E-state index >= 15 is 0 Å². The molecular formula is C21H24ClN3O3. The second kappa shape index (κ2) is 8.54. The van der Waals surface area contributed by atoms with Gasteiger partial charge >= 0.3 is 0 Å². The first-order chi connectivity index (χ1) is 13.4. The van der Waals surface area contributed by atoms with E-state index in [9.17, 15) is 4.79 Å². The number of nitrogen functional groups attached to an aromatic ring is 1. The summed E-state index contributed by atoms with van der Waals surface area (Å²) in [5.74, 6) is 0.908. The summed E-state index contributed by atoms with van der Waals surface area (Å²) in [5, 5.41) is 4.23. The van der Waals surface area contributed by atoms with Gasteiger partial charge in [-0.3, -0.25) is 4.79 Å². The number of methoxy groups -OCH3 is 1. The van der Waals surface area contributed by atoms with Gasteiger partial charge in [0.05, 0.1) is 23.9 Å². The largest absolute Gasteiger partial charge is 0.495 e. The lowest BCUT2D eigenvalue weighted by molar-refractivity contribution is 0.405. The number of nitrogens with one attached hydrogen (secondary N) is 1. The van der Waals surface area contributed by atoms with Gasteiger partial charge in [0.2, 0.25) is 0 Å². The van der Waals surface area contributed by atoms with Gasteiger partial charge in [0, 0.05) is 23.2 Å². The first kappa shape index (κ1) is 20.0. The minimum atomic E-state index is -0.183. The number of halogens is 1. The van der Waals surface area contributed by atoms with Gasteiger partial charge in [-0.1, -0.05) is 17.7 Å². The molecule has 2 aromatic carbocycles. The van der Waals surface area contributed by atoms with Crippen LogP contribution in [0.4, 0.5) is 11.4 Å². The average Bonchev–Trinajstić information content (AvgIpc) is 2.65. The smallest absolute Gasteiger partial charge is 0.193 e. The normalized spacial score (nSPS) is 11.2. The van der Waals surface area contributed by atoms with E-state index < -0.39 is 0 Å². The summed E-state index contributed by atoms with van der Waals surface area (Å²) in [5.41, 5.74) is 8.16. The van der Waals surface area contributed by atoms with E-state index in [1.54, 1.807) is 37.4 Å². The summed E-state index contributed by atoms with van der Waals surface area (Å²) >= 11 is 6.22. The highest BCUT2D eigenvalue weighted by Gasteiger charge is 2.15. The van der Waals surface area contributed by atoms with Crippen LogP contribution in [0.25, 0.3) is 22.3 Å². The molecule has 0 saturated heterocycles. The molecule has 0 aliphatic heterocycles. The first-order valence-corrected chi connectivity index (χ1v) is 9.37. The SMILES string of the molecule is COc1cccc(-c2cc(=O)c3cc(Cl)cc(NCCCN(C)C)c3o2)c1N. The number of anilines is 2. The molecule has 0 atom stereocenters. The topological polar surface area (TPSA) is 80.7 Å². The Morgan fingerprint density at radius 2 is 2.04 bits per heavy atom. The molecule has 1 aromatic heterocycles. The molecule has 6 nitrogen and oxygen atoms in total. The van der Waals surface area contributed by atoms with Crippen molar-refractivity contribution in [2.24, 2.45) is 0 Å². The highest BCUT2D eigenvalue weighted by Crippen LogP contribution is 2.35. The maximum atomic E-state index is 12.7. The number of para-hydroxylation sites is 1. The minimum absolute atomic E-state index is 0.183. The molecule has 1 heterocycles. The van der Waals surface area contributed by atoms with Gasteiger partial charge in [0.15, 0.2) is 11.0 Å². The van der Waals surface area contributed by atoms with E-state index in [0.717, 1.165) is 19.5 Å². The van der Waals surface area contributed by atoms with Gasteiger partial charge in [-0.15, -0.1) is 0 Å². The molecule has 28 heavy (non-hydrogen) atoms. The number of hydrogen-bond donors (Lipinski definition) is 2. The van der Waals surface area contributed by atoms with Crippen molar-refractivity contribution >= 4 is 33.9 Å². The summed E-state index contributed by atoms with van der Waals surface area (Å²) in [4.78, 5) is 14.8. The lowest BCUT2D eigenvalue weighted by Gasteiger charge is -2.14. The van der Waals surface area contributed by atoms with E-state index in [2.05, 4.69) is 10.2 Å². The molecule has 3 aromatic rings. The Bertz CT molecular complexity index is 1050. The number of nitrogens with two attached hydrogens (primary N) is 1. The zero-order valence-corrected chi connectivity index (χ0v) is 17.0. The van der Waals surface area contributed by atoms with Crippen LogP contribution < -0.4 is 21.2 Å². The predicted octanol–water partition coefficient (Wildman–Crippen LogP) is 4.07. The van der Waals surface area contributed by atoms with Gasteiger partial charge < -0.3 is 25.1 Å². The standard InChI is InChI=1S/C21H24ClN3O3/c1-25(2)9-5-8-24-16-11-13(22)10-15-17(26)12-19(28-21(15)16)14-6-4-7-18(27-3)20(14)23/h4,6-7,10-12,24H,5,8-9,23H2,1-3H3. The van der Waals surface area contributed by atoms with Crippen molar-refractivity contribution in [1.29, 1.82) is 0 Å².